The van der Waals surface area contributed by atoms with E-state index in [1.54, 1.807) is 0 Å². The van der Waals surface area contributed by atoms with Crippen molar-refractivity contribution in [2.45, 2.75) is 12.7 Å². The van der Waals surface area contributed by atoms with Crippen LogP contribution in [0.25, 0.3) is 11.0 Å². The molecule has 30 heavy (non-hydrogen) atoms. The molecule has 0 saturated heterocycles. The number of non-ortho nitro benzene ring substituents is 1. The van der Waals surface area contributed by atoms with E-state index in [1.807, 2.05) is 5.32 Å². The minimum absolute atomic E-state index is 0.0302. The van der Waals surface area contributed by atoms with Gasteiger partial charge in [-0.05, 0) is 24.3 Å². The van der Waals surface area contributed by atoms with Crippen LogP contribution in [0.3, 0.4) is 0 Å². The molecule has 2 aromatic carbocycles. The Morgan fingerprint density at radius 2 is 1.93 bits per heavy atom. The Kier molecular flexibility index (Phi) is 5.12. The second-order valence-corrected chi connectivity index (χ2v) is 6.08. The fraction of sp³-hybridized carbons (Fsp3) is 0.118. The molecule has 3 aromatic rings. The second-order valence-electron chi connectivity index (χ2n) is 6.08. The molecule has 0 aliphatic carbocycles. The van der Waals surface area contributed by atoms with E-state index < -0.39 is 57.7 Å². The Labute approximate surface area is 163 Å². The van der Waals surface area contributed by atoms with E-state index in [1.165, 1.54) is 0 Å². The molecule has 0 fully saturated rings. The molecular weight excluding hydrogens is 414 g/mol. The summed E-state index contributed by atoms with van der Waals surface area (Å²) in [7, 11) is 0. The monoisotopic (exact) mass is 425 g/mol. The van der Waals surface area contributed by atoms with Crippen LogP contribution in [0.4, 0.5) is 33.9 Å². The van der Waals surface area contributed by atoms with Gasteiger partial charge in [0.2, 0.25) is 5.82 Å². The number of nitrogens with two attached hydrogens (primary N) is 1. The first-order chi connectivity index (χ1) is 14.0. The van der Waals surface area contributed by atoms with Gasteiger partial charge in [-0.2, -0.15) is 13.2 Å². The fourth-order valence-electron chi connectivity index (χ4n) is 2.75. The zero-order chi connectivity index (χ0) is 22.2. The Hall–Kier alpha value is -4.03. The molecule has 3 rings (SSSR count). The number of benzene rings is 2. The number of halogens is 4. The molecule has 1 heterocycles. The smallest absolute Gasteiger partial charge is 0.351 e. The minimum Gasteiger partial charge on any atom is -0.351 e. The summed E-state index contributed by atoms with van der Waals surface area (Å²) in [5, 5.41) is 12.9. The molecule has 2 amide bonds. The number of urea groups is 1. The van der Waals surface area contributed by atoms with Crippen molar-refractivity contribution in [1.29, 1.82) is 0 Å². The van der Waals surface area contributed by atoms with Crippen LogP contribution in [0.1, 0.15) is 11.1 Å². The summed E-state index contributed by atoms with van der Waals surface area (Å²) in [5.74, 6) is -1.63. The van der Waals surface area contributed by atoms with E-state index in [9.17, 15) is 37.3 Å². The number of nitrogens with zero attached hydrogens (tertiary/aromatic N) is 3. The van der Waals surface area contributed by atoms with E-state index in [-0.39, 0.29) is 11.0 Å². The molecule has 0 atom stereocenters. The van der Waals surface area contributed by atoms with Crippen LogP contribution in [0, 0.1) is 15.9 Å². The fourth-order valence-corrected chi connectivity index (χ4v) is 2.75. The Balaban J connectivity index is 2.24. The molecule has 0 saturated carbocycles. The first-order valence-corrected chi connectivity index (χ1v) is 8.08. The van der Waals surface area contributed by atoms with Gasteiger partial charge in [0.15, 0.2) is 0 Å². The predicted octanol–water partition coefficient (Wildman–Crippen LogP) is 3.00. The topological polar surface area (TPSA) is 133 Å². The number of carbonyl (C=O) groups excluding carboxylic acids is 1. The summed E-state index contributed by atoms with van der Waals surface area (Å²) in [6, 6.07) is 3.71. The maximum Gasteiger partial charge on any atom is 0.416 e. The maximum absolute atomic E-state index is 14.2. The summed E-state index contributed by atoms with van der Waals surface area (Å²) in [5.41, 5.74) is 1.82. The number of rotatable bonds is 4. The van der Waals surface area contributed by atoms with Gasteiger partial charge in [0.25, 0.3) is 11.2 Å². The van der Waals surface area contributed by atoms with Crippen LogP contribution < -0.4 is 16.6 Å². The van der Waals surface area contributed by atoms with Gasteiger partial charge in [-0.3, -0.25) is 24.8 Å². The van der Waals surface area contributed by atoms with Crippen LogP contribution in [0.15, 0.2) is 41.2 Å². The molecule has 0 radical (unpaired) electrons. The summed E-state index contributed by atoms with van der Waals surface area (Å²) in [6.45, 7) is -0.668. The molecule has 0 aliphatic heterocycles. The molecule has 1 aromatic heterocycles. The van der Waals surface area contributed by atoms with Crippen LogP contribution in [0.2, 0.25) is 0 Å². The van der Waals surface area contributed by atoms with Gasteiger partial charge >= 0.3 is 12.2 Å². The average molecular weight is 425 g/mol. The molecular formula is C17H11F4N5O4. The number of primary amides is 1. The van der Waals surface area contributed by atoms with E-state index in [4.69, 9.17) is 5.73 Å². The lowest BCUT2D eigenvalue weighted by Crippen LogP contribution is -2.30. The average Bonchev–Trinajstić information content (AvgIpc) is 2.64. The number of anilines is 1. The van der Waals surface area contributed by atoms with Crippen molar-refractivity contribution in [3.63, 3.8) is 0 Å². The summed E-state index contributed by atoms with van der Waals surface area (Å²) < 4.78 is 53.9. The maximum atomic E-state index is 14.2. The number of aromatic nitrogens is 2. The lowest BCUT2D eigenvalue weighted by molar-refractivity contribution is -0.384. The third-order valence-electron chi connectivity index (χ3n) is 4.08. The van der Waals surface area contributed by atoms with Gasteiger partial charge in [-0.25, -0.2) is 14.2 Å². The van der Waals surface area contributed by atoms with Gasteiger partial charge in [-0.15, -0.1) is 0 Å². The van der Waals surface area contributed by atoms with Crippen molar-refractivity contribution >= 4 is 28.6 Å². The molecule has 0 unspecified atom stereocenters. The number of nitrogens with one attached hydrogen (secondary N) is 1. The largest absolute Gasteiger partial charge is 0.416 e. The van der Waals surface area contributed by atoms with E-state index >= 15 is 0 Å². The number of nitro benzene ring substituents is 1. The summed E-state index contributed by atoms with van der Waals surface area (Å²) in [4.78, 5) is 37.9. The van der Waals surface area contributed by atoms with Crippen molar-refractivity contribution in [2.24, 2.45) is 5.73 Å². The SMILES string of the molecule is NC(=O)Nc1nc2cc([N+](=O)[O-])ccc2n(Cc2cc(C(F)(F)F)ccc2F)c1=O. The number of fused-ring (bicyclic) bond motifs is 1. The number of amides is 2. The third kappa shape index (κ3) is 4.04. The highest BCUT2D eigenvalue weighted by molar-refractivity contribution is 5.88. The van der Waals surface area contributed by atoms with Crippen molar-refractivity contribution in [3.8, 4) is 0 Å². The normalized spacial score (nSPS) is 11.5. The Morgan fingerprint density at radius 3 is 2.53 bits per heavy atom. The van der Waals surface area contributed by atoms with Crippen molar-refractivity contribution in [1.82, 2.24) is 9.55 Å². The van der Waals surface area contributed by atoms with E-state index in [0.717, 1.165) is 22.8 Å². The number of hydrogen-bond donors (Lipinski definition) is 2. The quantitative estimate of drug-likeness (QED) is 0.377. The molecule has 9 nitrogen and oxygen atoms in total. The van der Waals surface area contributed by atoms with Gasteiger partial charge in [0.1, 0.15) is 5.82 Å². The van der Waals surface area contributed by atoms with Crippen molar-refractivity contribution < 1.29 is 27.3 Å². The van der Waals surface area contributed by atoms with E-state index in [2.05, 4.69) is 4.98 Å². The van der Waals surface area contributed by atoms with Gasteiger partial charge in [0, 0.05) is 17.7 Å². The van der Waals surface area contributed by atoms with Crippen molar-refractivity contribution in [2.75, 3.05) is 5.32 Å². The molecule has 3 N–H and O–H groups in total. The first-order valence-electron chi connectivity index (χ1n) is 8.08. The third-order valence-corrected chi connectivity index (χ3v) is 4.08. The standard InChI is InChI=1S/C17H11F4N5O4/c18-11-3-1-9(17(19,20)21)5-8(11)7-25-13-4-2-10(26(29)30)6-12(13)23-14(15(25)27)24-16(22)28/h1-6H,7H2,(H3,22,23,24,28). The highest BCUT2D eigenvalue weighted by Crippen LogP contribution is 2.31. The molecule has 156 valence electrons. The number of alkyl halides is 3. The minimum atomic E-state index is -4.74. The van der Waals surface area contributed by atoms with E-state index in [0.29, 0.717) is 18.2 Å². The zero-order valence-electron chi connectivity index (χ0n) is 14.7. The van der Waals surface area contributed by atoms with Crippen LogP contribution in [-0.4, -0.2) is 20.5 Å². The number of hydrogen-bond acceptors (Lipinski definition) is 5. The van der Waals surface area contributed by atoms with Gasteiger partial charge in [-0.1, -0.05) is 0 Å². The summed E-state index contributed by atoms with van der Waals surface area (Å²) in [6.07, 6.45) is -4.74. The lowest BCUT2D eigenvalue weighted by atomic mass is 10.1. The molecule has 13 heteroatoms. The second kappa shape index (κ2) is 7.42. The Morgan fingerprint density at radius 1 is 1.23 bits per heavy atom. The highest BCUT2D eigenvalue weighted by atomic mass is 19.4. The van der Waals surface area contributed by atoms with Crippen LogP contribution in [-0.2, 0) is 12.7 Å². The number of carbonyl (C=O) groups is 1. The molecule has 0 spiro atoms. The highest BCUT2D eigenvalue weighted by Gasteiger charge is 2.31. The van der Waals surface area contributed by atoms with Crippen molar-refractivity contribution in [3.05, 3.63) is 73.8 Å². The number of nitro groups is 1. The molecule has 0 bridgehead atoms. The Bertz CT molecular complexity index is 1240. The van der Waals surface area contributed by atoms with Crippen LogP contribution >= 0.6 is 0 Å². The lowest BCUT2D eigenvalue weighted by Gasteiger charge is -2.14. The first kappa shape index (κ1) is 20.7. The van der Waals surface area contributed by atoms with Gasteiger partial charge < -0.3 is 5.73 Å². The van der Waals surface area contributed by atoms with Crippen LogP contribution in [0.5, 0.6) is 0 Å². The zero-order valence-corrected chi connectivity index (χ0v) is 14.7. The van der Waals surface area contributed by atoms with Gasteiger partial charge in [0.05, 0.1) is 28.1 Å². The molecule has 0 aliphatic rings. The summed E-state index contributed by atoms with van der Waals surface area (Å²) >= 11 is 0. The predicted molar refractivity (Wildman–Crippen MR) is 96.4 cm³/mol.